The first kappa shape index (κ1) is 22.3. The molecule has 4 fully saturated rings. The fourth-order valence-corrected chi connectivity index (χ4v) is 9.97. The highest BCUT2D eigenvalue weighted by molar-refractivity contribution is 9.10. The van der Waals surface area contributed by atoms with Crippen molar-refractivity contribution >= 4 is 21.7 Å². The summed E-state index contributed by atoms with van der Waals surface area (Å²) in [7, 11) is 0. The Balaban J connectivity index is 1.48. The molecule has 0 aromatic heterocycles. The normalized spacial score (nSPS) is 48.2. The molecule has 166 valence electrons. The molecule has 0 unspecified atom stereocenters. The minimum atomic E-state index is 0.119. The van der Waals surface area contributed by atoms with Gasteiger partial charge in [0.25, 0.3) is 0 Å². The molecule has 4 aliphatic rings. The van der Waals surface area contributed by atoms with Gasteiger partial charge in [-0.1, -0.05) is 69.8 Å². The molecule has 9 atom stereocenters. The molecular weight excluding hydrogens is 420 g/mol. The van der Waals surface area contributed by atoms with Gasteiger partial charge in [0.1, 0.15) is 5.78 Å². The summed E-state index contributed by atoms with van der Waals surface area (Å²) < 4.78 is 0. The highest BCUT2D eigenvalue weighted by Crippen LogP contribution is 2.68. The second-order valence-electron chi connectivity index (χ2n) is 12.5. The standard InChI is InChI=1S/C27H45BrO/c1-17(2)7-6-8-18(3)21-11-12-22-20-10-9-19-15-25(29)24(28)16-27(19,5)23(20)13-14-26(21,22)4/h17-24H,6-16H2,1-5H3/t18-,19+,20+,21+,22-,23-,24-,26-,27+/m1/s1. The van der Waals surface area contributed by atoms with Gasteiger partial charge in [0.2, 0.25) is 0 Å². The first-order valence-corrected chi connectivity index (χ1v) is 13.7. The van der Waals surface area contributed by atoms with Crippen LogP contribution in [0.1, 0.15) is 105 Å². The van der Waals surface area contributed by atoms with E-state index in [1.54, 1.807) is 0 Å². The van der Waals surface area contributed by atoms with Crippen LogP contribution in [0.5, 0.6) is 0 Å². The number of halogens is 1. The van der Waals surface area contributed by atoms with Gasteiger partial charge in [0.15, 0.2) is 0 Å². The van der Waals surface area contributed by atoms with Gasteiger partial charge < -0.3 is 0 Å². The number of carbonyl (C=O) groups is 1. The quantitative estimate of drug-likeness (QED) is 0.375. The van der Waals surface area contributed by atoms with E-state index in [9.17, 15) is 4.79 Å². The SMILES string of the molecule is CC(C)CCC[C@@H](C)[C@@H]1CC[C@@H]2[C@@H]3CC[C@H]4CC(=O)[C@H](Br)C[C@]4(C)[C@@H]3CC[C@@]21C. The van der Waals surface area contributed by atoms with Gasteiger partial charge in [0, 0.05) is 6.42 Å². The van der Waals surface area contributed by atoms with Gasteiger partial charge >= 0.3 is 0 Å². The molecule has 1 nitrogen and oxygen atoms in total. The number of alkyl halides is 1. The van der Waals surface area contributed by atoms with E-state index in [2.05, 4.69) is 50.5 Å². The Morgan fingerprint density at radius 2 is 1.69 bits per heavy atom. The Bertz CT molecular complexity index is 614. The summed E-state index contributed by atoms with van der Waals surface area (Å²) in [6.45, 7) is 12.6. The maximum atomic E-state index is 12.4. The van der Waals surface area contributed by atoms with Crippen LogP contribution in [0.25, 0.3) is 0 Å². The first-order valence-electron chi connectivity index (χ1n) is 12.8. The summed E-state index contributed by atoms with van der Waals surface area (Å²) in [6, 6.07) is 0. The van der Waals surface area contributed by atoms with Crippen LogP contribution in [0, 0.1) is 52.3 Å². The summed E-state index contributed by atoms with van der Waals surface area (Å²) in [5, 5.41) is 0. The first-order chi connectivity index (χ1) is 13.7. The number of ketones is 1. The third kappa shape index (κ3) is 3.80. The largest absolute Gasteiger partial charge is 0.298 e. The van der Waals surface area contributed by atoms with Crippen molar-refractivity contribution in [3.8, 4) is 0 Å². The smallest absolute Gasteiger partial charge is 0.146 e. The van der Waals surface area contributed by atoms with Crippen LogP contribution in [0.15, 0.2) is 0 Å². The molecule has 4 aliphatic carbocycles. The van der Waals surface area contributed by atoms with Crippen LogP contribution in [0.4, 0.5) is 0 Å². The predicted molar refractivity (Wildman–Crippen MR) is 126 cm³/mol. The van der Waals surface area contributed by atoms with Gasteiger partial charge in [-0.15, -0.1) is 0 Å². The van der Waals surface area contributed by atoms with Crippen molar-refractivity contribution in [1.29, 1.82) is 0 Å². The molecule has 4 saturated carbocycles. The lowest BCUT2D eigenvalue weighted by Crippen LogP contribution is -2.55. The third-order valence-corrected chi connectivity index (χ3v) is 11.5. The summed E-state index contributed by atoms with van der Waals surface area (Å²) >= 11 is 3.75. The van der Waals surface area contributed by atoms with E-state index >= 15 is 0 Å². The molecule has 0 aromatic rings. The second-order valence-corrected chi connectivity index (χ2v) is 13.6. The zero-order valence-electron chi connectivity index (χ0n) is 19.7. The summed E-state index contributed by atoms with van der Waals surface area (Å²) in [4.78, 5) is 12.5. The highest BCUT2D eigenvalue weighted by Gasteiger charge is 2.61. The lowest BCUT2D eigenvalue weighted by molar-refractivity contribution is -0.139. The van der Waals surface area contributed by atoms with Gasteiger partial charge in [0.05, 0.1) is 4.83 Å². The van der Waals surface area contributed by atoms with Gasteiger partial charge in [-0.05, 0) is 97.2 Å². The van der Waals surface area contributed by atoms with Crippen molar-refractivity contribution in [2.75, 3.05) is 0 Å². The molecule has 2 heteroatoms. The van der Waals surface area contributed by atoms with Gasteiger partial charge in [-0.3, -0.25) is 4.79 Å². The van der Waals surface area contributed by atoms with E-state index in [0.29, 0.717) is 22.5 Å². The molecule has 0 bridgehead atoms. The van der Waals surface area contributed by atoms with Crippen LogP contribution >= 0.6 is 15.9 Å². The van der Waals surface area contributed by atoms with Crippen molar-refractivity contribution in [3.05, 3.63) is 0 Å². The van der Waals surface area contributed by atoms with Crippen LogP contribution in [0.2, 0.25) is 0 Å². The minimum absolute atomic E-state index is 0.119. The maximum absolute atomic E-state index is 12.4. The fourth-order valence-electron chi connectivity index (χ4n) is 9.08. The number of hydrogen-bond acceptors (Lipinski definition) is 1. The molecule has 0 amide bonds. The Labute approximate surface area is 188 Å². The van der Waals surface area contributed by atoms with Gasteiger partial charge in [-0.25, -0.2) is 0 Å². The predicted octanol–water partition coefficient (Wildman–Crippen LogP) is 8.05. The molecule has 0 aliphatic heterocycles. The maximum Gasteiger partial charge on any atom is 0.146 e. The van der Waals surface area contributed by atoms with Crippen LogP contribution in [-0.2, 0) is 4.79 Å². The lowest BCUT2D eigenvalue weighted by atomic mass is 9.44. The molecule has 0 spiro atoms. The van der Waals surface area contributed by atoms with Crippen molar-refractivity contribution in [2.45, 2.75) is 110 Å². The molecule has 29 heavy (non-hydrogen) atoms. The average molecular weight is 466 g/mol. The van der Waals surface area contributed by atoms with Crippen molar-refractivity contribution in [1.82, 2.24) is 0 Å². The Hall–Kier alpha value is 0.150. The van der Waals surface area contributed by atoms with Crippen molar-refractivity contribution in [2.24, 2.45) is 52.3 Å². The summed E-state index contributed by atoms with van der Waals surface area (Å²) in [6.07, 6.45) is 14.7. The number of rotatable bonds is 5. The summed E-state index contributed by atoms with van der Waals surface area (Å²) in [5.41, 5.74) is 0.979. The topological polar surface area (TPSA) is 17.1 Å². The third-order valence-electron chi connectivity index (χ3n) is 10.7. The molecule has 4 rings (SSSR count). The van der Waals surface area contributed by atoms with Crippen LogP contribution in [-0.4, -0.2) is 10.6 Å². The molecule has 0 N–H and O–H groups in total. The van der Waals surface area contributed by atoms with E-state index in [1.807, 2.05) is 0 Å². The van der Waals surface area contributed by atoms with Crippen molar-refractivity contribution in [3.63, 3.8) is 0 Å². The van der Waals surface area contributed by atoms with E-state index in [4.69, 9.17) is 0 Å². The number of hydrogen-bond donors (Lipinski definition) is 0. The molecule has 0 saturated heterocycles. The molecule has 0 heterocycles. The van der Waals surface area contributed by atoms with Crippen molar-refractivity contribution < 1.29 is 4.79 Å². The minimum Gasteiger partial charge on any atom is -0.298 e. The van der Waals surface area contributed by atoms with Crippen LogP contribution in [0.3, 0.4) is 0 Å². The van der Waals surface area contributed by atoms with Gasteiger partial charge in [-0.2, -0.15) is 0 Å². The highest BCUT2D eigenvalue weighted by atomic mass is 79.9. The monoisotopic (exact) mass is 464 g/mol. The molecule has 0 aromatic carbocycles. The fraction of sp³-hybridized carbons (Fsp3) is 0.963. The van der Waals surface area contributed by atoms with E-state index in [-0.39, 0.29) is 4.83 Å². The number of Topliss-reactive ketones (excluding diaryl/α,β-unsaturated/α-hetero) is 1. The Morgan fingerprint density at radius 3 is 2.41 bits per heavy atom. The van der Waals surface area contributed by atoms with E-state index < -0.39 is 0 Å². The Kier molecular flexibility index (Phi) is 6.36. The molecule has 0 radical (unpaired) electrons. The number of fused-ring (bicyclic) bond motifs is 5. The van der Waals surface area contributed by atoms with Crippen LogP contribution < -0.4 is 0 Å². The van der Waals surface area contributed by atoms with E-state index in [1.165, 1.54) is 57.8 Å². The summed E-state index contributed by atoms with van der Waals surface area (Å²) in [5.74, 6) is 6.56. The zero-order valence-corrected chi connectivity index (χ0v) is 21.3. The number of carbonyl (C=O) groups excluding carboxylic acids is 1. The average Bonchev–Trinajstić information content (AvgIpc) is 3.00. The second kappa shape index (κ2) is 8.25. The molecular formula is C27H45BrO. The zero-order chi connectivity index (χ0) is 21.0. The lowest BCUT2D eigenvalue weighted by Gasteiger charge is -2.61. The van der Waals surface area contributed by atoms with E-state index in [0.717, 1.165) is 48.3 Å². The Morgan fingerprint density at radius 1 is 0.966 bits per heavy atom.